The number of hydrogen-bond donors (Lipinski definition) is 1. The third-order valence-electron chi connectivity index (χ3n) is 5.74. The van der Waals surface area contributed by atoms with Crippen LogP contribution in [0.3, 0.4) is 0 Å². The lowest BCUT2D eigenvalue weighted by molar-refractivity contribution is -0.141. The fraction of sp³-hybridized carbons (Fsp3) is 0.280. The van der Waals surface area contributed by atoms with Crippen molar-refractivity contribution in [2.45, 2.75) is 26.4 Å². The predicted molar refractivity (Wildman–Crippen MR) is 132 cm³/mol. The van der Waals surface area contributed by atoms with Crippen LogP contribution in [0.4, 0.5) is 10.5 Å². The molecule has 182 valence electrons. The van der Waals surface area contributed by atoms with Gasteiger partial charge in [0.05, 0.1) is 17.3 Å². The fourth-order valence-electron chi connectivity index (χ4n) is 4.03. The highest BCUT2D eigenvalue weighted by atomic mass is 35.5. The number of carbonyl (C=O) groups excluding carboxylic acids is 3. The van der Waals surface area contributed by atoms with E-state index in [9.17, 15) is 14.4 Å². The molecule has 0 bridgehead atoms. The van der Waals surface area contributed by atoms with Crippen molar-refractivity contribution in [3.8, 4) is 5.69 Å². The molecule has 1 aromatic heterocycles. The number of fused-ring (bicyclic) bond motifs is 1. The van der Waals surface area contributed by atoms with E-state index < -0.39 is 12.0 Å². The lowest BCUT2D eigenvalue weighted by Crippen LogP contribution is -2.49. The zero-order valence-electron chi connectivity index (χ0n) is 19.5. The number of halogens is 1. The maximum Gasteiger partial charge on any atom is 0.325 e. The van der Waals surface area contributed by atoms with Crippen molar-refractivity contribution in [2.24, 2.45) is 0 Å². The van der Waals surface area contributed by atoms with Gasteiger partial charge in [-0.1, -0.05) is 29.8 Å². The number of benzene rings is 2. The van der Waals surface area contributed by atoms with E-state index in [-0.39, 0.29) is 38.2 Å². The van der Waals surface area contributed by atoms with Crippen LogP contribution in [0.1, 0.15) is 29.8 Å². The second kappa shape index (κ2) is 10.6. The summed E-state index contributed by atoms with van der Waals surface area (Å²) in [5, 5.41) is 7.20. The Kier molecular flexibility index (Phi) is 7.36. The van der Waals surface area contributed by atoms with Crippen molar-refractivity contribution in [1.82, 2.24) is 20.0 Å². The molecule has 0 saturated carbocycles. The number of amides is 3. The standard InChI is InChI=1S/C25H26ClN5O4/c1-3-35-23(32)14-27-25(34)29-16-19-7-4-5-8-21(19)30(15-17(29)2)24(33)18-9-10-22(20(26)13-18)31-12-6-11-28-31/h4-13,17H,3,14-16H2,1-2H3,(H,27,34)/t17-/m1/s1. The van der Waals surface area contributed by atoms with Gasteiger partial charge < -0.3 is 19.9 Å². The first-order valence-electron chi connectivity index (χ1n) is 11.3. The van der Waals surface area contributed by atoms with Crippen molar-refractivity contribution in [1.29, 1.82) is 0 Å². The number of urea groups is 1. The molecule has 0 saturated heterocycles. The summed E-state index contributed by atoms with van der Waals surface area (Å²) in [6.07, 6.45) is 3.43. The summed E-state index contributed by atoms with van der Waals surface area (Å²) in [5.74, 6) is -0.733. The summed E-state index contributed by atoms with van der Waals surface area (Å²) in [5.41, 5.74) is 2.63. The minimum atomic E-state index is -0.504. The summed E-state index contributed by atoms with van der Waals surface area (Å²) in [4.78, 5) is 41.5. The zero-order valence-corrected chi connectivity index (χ0v) is 20.2. The summed E-state index contributed by atoms with van der Waals surface area (Å²) in [7, 11) is 0. The highest BCUT2D eigenvalue weighted by Crippen LogP contribution is 2.30. The van der Waals surface area contributed by atoms with E-state index in [1.807, 2.05) is 31.2 Å². The summed E-state index contributed by atoms with van der Waals surface area (Å²) in [6, 6.07) is 13.6. The smallest absolute Gasteiger partial charge is 0.325 e. The van der Waals surface area contributed by atoms with Gasteiger partial charge in [-0.05, 0) is 49.7 Å². The van der Waals surface area contributed by atoms with Gasteiger partial charge in [0.15, 0.2) is 0 Å². The van der Waals surface area contributed by atoms with Gasteiger partial charge in [-0.3, -0.25) is 9.59 Å². The monoisotopic (exact) mass is 495 g/mol. The molecule has 0 spiro atoms. The number of nitrogens with zero attached hydrogens (tertiary/aromatic N) is 4. The number of nitrogens with one attached hydrogen (secondary N) is 1. The van der Waals surface area contributed by atoms with Gasteiger partial charge in [0, 0.05) is 42.8 Å². The van der Waals surface area contributed by atoms with Crippen molar-refractivity contribution in [3.05, 3.63) is 77.1 Å². The average Bonchev–Trinajstić information content (AvgIpc) is 3.34. The molecule has 1 aliphatic rings. The average molecular weight is 496 g/mol. The van der Waals surface area contributed by atoms with Crippen molar-refractivity contribution in [3.63, 3.8) is 0 Å². The summed E-state index contributed by atoms with van der Waals surface area (Å²) >= 11 is 6.48. The van der Waals surface area contributed by atoms with Gasteiger partial charge in [0.1, 0.15) is 6.54 Å². The Hall–Kier alpha value is -3.85. The van der Waals surface area contributed by atoms with Crippen LogP contribution < -0.4 is 10.2 Å². The summed E-state index contributed by atoms with van der Waals surface area (Å²) < 4.78 is 6.52. The maximum atomic E-state index is 13.6. The molecule has 9 nitrogen and oxygen atoms in total. The van der Waals surface area contributed by atoms with Gasteiger partial charge in [-0.15, -0.1) is 0 Å². The minimum Gasteiger partial charge on any atom is -0.465 e. The van der Waals surface area contributed by atoms with Crippen molar-refractivity contribution >= 4 is 35.2 Å². The van der Waals surface area contributed by atoms with Crippen LogP contribution in [0, 0.1) is 0 Å². The van der Waals surface area contributed by atoms with E-state index in [2.05, 4.69) is 10.4 Å². The maximum absolute atomic E-state index is 13.6. The third kappa shape index (κ3) is 5.30. The molecule has 1 atom stereocenters. The first kappa shape index (κ1) is 24.3. The number of aromatic nitrogens is 2. The lowest BCUT2D eigenvalue weighted by atomic mass is 10.1. The number of hydrogen-bond acceptors (Lipinski definition) is 5. The second-order valence-electron chi connectivity index (χ2n) is 8.10. The van der Waals surface area contributed by atoms with Crippen LogP contribution in [0.2, 0.25) is 5.02 Å². The largest absolute Gasteiger partial charge is 0.465 e. The Bertz CT molecular complexity index is 1230. The Morgan fingerprint density at radius 2 is 1.94 bits per heavy atom. The van der Waals surface area contributed by atoms with Gasteiger partial charge in [0.25, 0.3) is 5.91 Å². The van der Waals surface area contributed by atoms with E-state index in [1.165, 1.54) is 0 Å². The first-order valence-corrected chi connectivity index (χ1v) is 11.7. The van der Waals surface area contributed by atoms with E-state index in [0.717, 1.165) is 11.3 Å². The van der Waals surface area contributed by atoms with Crippen LogP contribution in [-0.4, -0.2) is 58.3 Å². The van der Waals surface area contributed by atoms with Crippen LogP contribution in [-0.2, 0) is 16.1 Å². The molecule has 3 amide bonds. The van der Waals surface area contributed by atoms with Crippen LogP contribution >= 0.6 is 11.6 Å². The van der Waals surface area contributed by atoms with E-state index in [0.29, 0.717) is 16.3 Å². The van der Waals surface area contributed by atoms with Crippen LogP contribution in [0.15, 0.2) is 60.9 Å². The molecular formula is C25H26ClN5O4. The van der Waals surface area contributed by atoms with E-state index >= 15 is 0 Å². The topological polar surface area (TPSA) is 96.8 Å². The predicted octanol–water partition coefficient (Wildman–Crippen LogP) is 3.65. The Labute approximate surface area is 208 Å². The Morgan fingerprint density at radius 3 is 2.66 bits per heavy atom. The number of esters is 1. The summed E-state index contributed by atoms with van der Waals surface area (Å²) in [6.45, 7) is 4.14. The highest BCUT2D eigenvalue weighted by Gasteiger charge is 2.32. The third-order valence-corrected chi connectivity index (χ3v) is 6.05. The molecule has 2 heterocycles. The van der Waals surface area contributed by atoms with Gasteiger partial charge >= 0.3 is 12.0 Å². The molecule has 1 N–H and O–H groups in total. The molecule has 35 heavy (non-hydrogen) atoms. The van der Waals surface area contributed by atoms with Gasteiger partial charge in [-0.2, -0.15) is 5.10 Å². The quantitative estimate of drug-likeness (QED) is 0.545. The number of rotatable bonds is 5. The number of carbonyl (C=O) groups is 3. The van der Waals surface area contributed by atoms with Gasteiger partial charge in [0.2, 0.25) is 0 Å². The molecule has 2 aromatic carbocycles. The van der Waals surface area contributed by atoms with Crippen molar-refractivity contribution in [2.75, 3.05) is 24.6 Å². The Morgan fingerprint density at radius 1 is 1.14 bits per heavy atom. The van der Waals surface area contributed by atoms with Crippen LogP contribution in [0.25, 0.3) is 5.69 Å². The van der Waals surface area contributed by atoms with E-state index in [1.54, 1.807) is 58.1 Å². The fourth-order valence-corrected chi connectivity index (χ4v) is 4.29. The van der Waals surface area contributed by atoms with Gasteiger partial charge in [-0.25, -0.2) is 9.48 Å². The second-order valence-corrected chi connectivity index (χ2v) is 8.51. The first-order chi connectivity index (χ1) is 16.9. The van der Waals surface area contributed by atoms with Crippen LogP contribution in [0.5, 0.6) is 0 Å². The molecular weight excluding hydrogens is 470 g/mol. The normalized spacial score (nSPS) is 15.2. The minimum absolute atomic E-state index is 0.221. The number of anilines is 1. The lowest BCUT2D eigenvalue weighted by Gasteiger charge is -2.29. The highest BCUT2D eigenvalue weighted by molar-refractivity contribution is 6.33. The molecule has 0 fully saturated rings. The molecule has 10 heteroatoms. The molecule has 0 radical (unpaired) electrons. The number of ether oxygens (including phenoxy) is 1. The number of para-hydroxylation sites is 1. The van der Waals surface area contributed by atoms with Crippen molar-refractivity contribution < 1.29 is 19.1 Å². The SMILES string of the molecule is CCOC(=O)CNC(=O)N1Cc2ccccc2N(C(=O)c2ccc(-n3cccn3)c(Cl)c2)C[C@H]1C. The zero-order chi connectivity index (χ0) is 24.9. The Balaban J connectivity index is 1.58. The van der Waals surface area contributed by atoms with E-state index in [4.69, 9.17) is 16.3 Å². The molecule has 0 aliphatic carbocycles. The molecule has 1 aliphatic heterocycles. The molecule has 4 rings (SSSR count). The molecule has 3 aromatic rings. The molecule has 0 unspecified atom stereocenters.